The summed E-state index contributed by atoms with van der Waals surface area (Å²) < 4.78 is 5.25. The topological polar surface area (TPSA) is 58.5 Å². The van der Waals surface area contributed by atoms with Gasteiger partial charge >= 0.3 is 0 Å². The number of aryl methyl sites for hydroxylation is 1. The van der Waals surface area contributed by atoms with E-state index in [9.17, 15) is 0 Å². The van der Waals surface area contributed by atoms with Gasteiger partial charge in [0.25, 0.3) is 0 Å². The minimum Gasteiger partial charge on any atom is -0.380 e. The van der Waals surface area contributed by atoms with E-state index in [1.54, 1.807) is 18.4 Å². The minimum atomic E-state index is 0. The van der Waals surface area contributed by atoms with E-state index in [1.165, 1.54) is 4.88 Å². The van der Waals surface area contributed by atoms with Crippen LogP contribution in [0.1, 0.15) is 23.7 Å². The zero-order valence-electron chi connectivity index (χ0n) is 11.7. The van der Waals surface area contributed by atoms with Crippen LogP contribution < -0.4 is 10.6 Å². The van der Waals surface area contributed by atoms with E-state index >= 15 is 0 Å². The van der Waals surface area contributed by atoms with E-state index in [1.807, 2.05) is 13.1 Å². The second-order valence-corrected chi connectivity index (χ2v) is 4.82. The third-order valence-electron chi connectivity index (χ3n) is 2.32. The molecule has 1 rings (SSSR count). The number of nitrogens with zero attached hydrogens (tertiary/aromatic N) is 2. The van der Waals surface area contributed by atoms with Crippen LogP contribution in [0.2, 0.25) is 0 Å². The number of ether oxygens (including phenoxy) is 1. The minimum absolute atomic E-state index is 0. The molecule has 2 N–H and O–H groups in total. The molecule has 0 aromatic carbocycles. The summed E-state index contributed by atoms with van der Waals surface area (Å²) >= 11 is 1.74. The summed E-state index contributed by atoms with van der Waals surface area (Å²) in [5.41, 5.74) is 0. The number of guanidine groups is 1. The number of halogens is 1. The quantitative estimate of drug-likeness (QED) is 0.319. The highest BCUT2D eigenvalue weighted by Gasteiger charge is 2.02. The van der Waals surface area contributed by atoms with Crippen molar-refractivity contribution in [3.05, 3.63) is 16.1 Å². The van der Waals surface area contributed by atoms with Crippen molar-refractivity contribution in [2.75, 3.05) is 26.8 Å². The van der Waals surface area contributed by atoms with E-state index in [0.717, 1.165) is 30.5 Å². The number of rotatable bonds is 7. The lowest BCUT2D eigenvalue weighted by atomic mass is 10.4. The number of hydrogen-bond acceptors (Lipinski definition) is 4. The molecular formula is C12H23IN4OS. The predicted octanol–water partition coefficient (Wildman–Crippen LogP) is 2.02. The summed E-state index contributed by atoms with van der Waals surface area (Å²) in [4.78, 5) is 9.81. The van der Waals surface area contributed by atoms with Crippen molar-refractivity contribution >= 4 is 41.3 Å². The van der Waals surface area contributed by atoms with E-state index < -0.39 is 0 Å². The number of nitrogens with one attached hydrogen (secondary N) is 2. The molecule has 0 bridgehead atoms. The first-order valence-corrected chi connectivity index (χ1v) is 7.07. The van der Waals surface area contributed by atoms with E-state index in [0.29, 0.717) is 13.2 Å². The molecule has 1 heterocycles. The summed E-state index contributed by atoms with van der Waals surface area (Å²) in [5.74, 6) is 0.781. The van der Waals surface area contributed by atoms with E-state index in [4.69, 9.17) is 4.74 Å². The standard InChI is InChI=1S/C12H22N4OS.HI/c1-4-10-8-15-11(18-10)9-16-12(13-3)14-6-7-17-5-2;/h8H,4-7,9H2,1-3H3,(H2,13,14,16);1H. The Kier molecular flexibility index (Phi) is 11.2. The Balaban J connectivity index is 0.00000324. The summed E-state index contributed by atoms with van der Waals surface area (Å²) in [7, 11) is 1.76. The Morgan fingerprint density at radius 1 is 1.42 bits per heavy atom. The average Bonchev–Trinajstić information content (AvgIpc) is 2.86. The fourth-order valence-corrected chi connectivity index (χ4v) is 2.16. The Labute approximate surface area is 136 Å². The Bertz CT molecular complexity index is 370. The van der Waals surface area contributed by atoms with E-state index in [2.05, 4.69) is 27.5 Å². The second kappa shape index (κ2) is 11.4. The van der Waals surface area contributed by atoms with Gasteiger partial charge in [-0.15, -0.1) is 35.3 Å². The maximum Gasteiger partial charge on any atom is 0.191 e. The van der Waals surface area contributed by atoms with Crippen LogP contribution in [0.4, 0.5) is 0 Å². The lowest BCUT2D eigenvalue weighted by Gasteiger charge is -2.10. The largest absolute Gasteiger partial charge is 0.380 e. The predicted molar refractivity (Wildman–Crippen MR) is 91.6 cm³/mol. The van der Waals surface area contributed by atoms with Gasteiger partial charge in [-0.25, -0.2) is 4.98 Å². The van der Waals surface area contributed by atoms with Gasteiger partial charge in [-0.3, -0.25) is 4.99 Å². The molecule has 0 aliphatic heterocycles. The molecule has 0 unspecified atom stereocenters. The van der Waals surface area contributed by atoms with E-state index in [-0.39, 0.29) is 24.0 Å². The summed E-state index contributed by atoms with van der Waals surface area (Å²) in [6, 6.07) is 0. The summed E-state index contributed by atoms with van der Waals surface area (Å²) in [5, 5.41) is 7.50. The maximum atomic E-state index is 5.25. The van der Waals surface area contributed by atoms with Gasteiger partial charge in [0.1, 0.15) is 5.01 Å². The van der Waals surface area contributed by atoms with Gasteiger partial charge < -0.3 is 15.4 Å². The Morgan fingerprint density at radius 2 is 2.21 bits per heavy atom. The van der Waals surface area contributed by atoms with Crippen molar-refractivity contribution in [3.8, 4) is 0 Å². The maximum absolute atomic E-state index is 5.25. The molecule has 0 saturated heterocycles. The summed E-state index contributed by atoms with van der Waals surface area (Å²) in [6.07, 6.45) is 2.98. The number of aliphatic imine (C=N–C) groups is 1. The first kappa shape index (κ1) is 18.6. The van der Waals surface area contributed by atoms with Crippen LogP contribution in [-0.4, -0.2) is 37.7 Å². The molecule has 0 saturated carbocycles. The Hall–Kier alpha value is -0.410. The molecule has 0 fully saturated rings. The molecule has 1 aromatic rings. The van der Waals surface area contributed by atoms with Crippen LogP contribution in [0.15, 0.2) is 11.2 Å². The highest BCUT2D eigenvalue weighted by Crippen LogP contribution is 2.12. The fraction of sp³-hybridized carbons (Fsp3) is 0.667. The highest BCUT2D eigenvalue weighted by molar-refractivity contribution is 14.0. The molecule has 19 heavy (non-hydrogen) atoms. The molecule has 0 amide bonds. The fourth-order valence-electron chi connectivity index (χ4n) is 1.36. The third-order valence-corrected chi connectivity index (χ3v) is 3.47. The lowest BCUT2D eigenvalue weighted by Crippen LogP contribution is -2.38. The molecule has 0 aliphatic rings. The van der Waals surface area contributed by atoms with Crippen LogP contribution in [0.5, 0.6) is 0 Å². The zero-order valence-corrected chi connectivity index (χ0v) is 14.9. The first-order valence-electron chi connectivity index (χ1n) is 6.26. The van der Waals surface area contributed by atoms with Gasteiger partial charge in [0.2, 0.25) is 0 Å². The normalized spacial score (nSPS) is 11.0. The zero-order chi connectivity index (χ0) is 13.2. The number of aromatic nitrogens is 1. The molecule has 0 radical (unpaired) electrons. The summed E-state index contributed by atoms with van der Waals surface area (Å²) in [6.45, 7) is 7.02. The number of hydrogen-bond donors (Lipinski definition) is 2. The smallest absolute Gasteiger partial charge is 0.191 e. The molecular weight excluding hydrogens is 375 g/mol. The molecule has 110 valence electrons. The van der Waals surface area contributed by atoms with Crippen LogP contribution in [-0.2, 0) is 17.7 Å². The van der Waals surface area contributed by atoms with Crippen molar-refractivity contribution in [2.45, 2.75) is 26.8 Å². The van der Waals surface area contributed by atoms with Gasteiger partial charge in [0.15, 0.2) is 5.96 Å². The average molecular weight is 398 g/mol. The van der Waals surface area contributed by atoms with Crippen molar-refractivity contribution < 1.29 is 4.74 Å². The van der Waals surface area contributed by atoms with Crippen LogP contribution in [0.25, 0.3) is 0 Å². The number of thiazole rings is 1. The van der Waals surface area contributed by atoms with Crippen molar-refractivity contribution in [2.24, 2.45) is 4.99 Å². The van der Waals surface area contributed by atoms with Gasteiger partial charge in [-0.2, -0.15) is 0 Å². The van der Waals surface area contributed by atoms with Crippen LogP contribution in [0.3, 0.4) is 0 Å². The SMILES string of the molecule is CCOCCNC(=NC)NCc1ncc(CC)s1.I. The molecule has 0 aliphatic carbocycles. The third kappa shape index (κ3) is 7.68. The van der Waals surface area contributed by atoms with Crippen molar-refractivity contribution in [1.82, 2.24) is 15.6 Å². The second-order valence-electron chi connectivity index (χ2n) is 3.62. The highest BCUT2D eigenvalue weighted by atomic mass is 127. The van der Waals surface area contributed by atoms with Crippen molar-refractivity contribution in [3.63, 3.8) is 0 Å². The van der Waals surface area contributed by atoms with Gasteiger partial charge in [-0.1, -0.05) is 6.92 Å². The lowest BCUT2D eigenvalue weighted by molar-refractivity contribution is 0.152. The molecule has 1 aromatic heterocycles. The van der Waals surface area contributed by atoms with Crippen LogP contribution >= 0.6 is 35.3 Å². The Morgan fingerprint density at radius 3 is 2.79 bits per heavy atom. The monoisotopic (exact) mass is 398 g/mol. The molecule has 5 nitrogen and oxygen atoms in total. The molecule has 0 spiro atoms. The first-order chi connectivity index (χ1) is 8.80. The van der Waals surface area contributed by atoms with Crippen molar-refractivity contribution in [1.29, 1.82) is 0 Å². The van der Waals surface area contributed by atoms with Crippen LogP contribution in [0, 0.1) is 0 Å². The van der Waals surface area contributed by atoms with Gasteiger partial charge in [-0.05, 0) is 13.3 Å². The molecule has 0 atom stereocenters. The van der Waals surface area contributed by atoms with Gasteiger partial charge in [0.05, 0.1) is 13.2 Å². The van der Waals surface area contributed by atoms with Gasteiger partial charge in [0, 0.05) is 31.3 Å². The molecule has 7 heteroatoms.